The molecule has 0 saturated heterocycles. The number of sulfonamides is 1. The summed E-state index contributed by atoms with van der Waals surface area (Å²) >= 11 is 5.99. The molecule has 0 bridgehead atoms. The van der Waals surface area contributed by atoms with Crippen molar-refractivity contribution in [3.63, 3.8) is 0 Å². The number of rotatable bonds is 8. The average Bonchev–Trinajstić information content (AvgIpc) is 3.06. The Kier molecular flexibility index (Phi) is 13.5. The van der Waals surface area contributed by atoms with Crippen molar-refractivity contribution in [2.45, 2.75) is 95.3 Å². The first kappa shape index (κ1) is 37.1. The molecule has 0 aromatic heterocycles. The van der Waals surface area contributed by atoms with Crippen LogP contribution in [0.15, 0.2) is 47.4 Å². The van der Waals surface area contributed by atoms with Crippen LogP contribution in [-0.2, 0) is 19.6 Å². The van der Waals surface area contributed by atoms with Crippen LogP contribution in [0.1, 0.15) is 82.5 Å². The highest BCUT2D eigenvalue weighted by Gasteiger charge is 2.33. The highest BCUT2D eigenvalue weighted by atomic mass is 35.5. The first-order valence-corrected chi connectivity index (χ1v) is 18.6. The number of carbonyl (C=O) groups is 2. The molecule has 2 aromatic rings. The van der Waals surface area contributed by atoms with E-state index < -0.39 is 22.2 Å². The van der Waals surface area contributed by atoms with Crippen molar-refractivity contribution in [1.82, 2.24) is 9.21 Å². The molecule has 2 amide bonds. The summed E-state index contributed by atoms with van der Waals surface area (Å²) in [6, 6.07) is 10.6. The maximum Gasteiger partial charge on any atom is 0.258 e. The molecule has 1 aliphatic heterocycles. The van der Waals surface area contributed by atoms with Crippen LogP contribution in [0.3, 0.4) is 0 Å². The minimum absolute atomic E-state index is 0.0425. The number of amides is 2. The highest BCUT2D eigenvalue weighted by molar-refractivity contribution is 7.89. The molecule has 2 N–H and O–H groups in total. The van der Waals surface area contributed by atoms with Gasteiger partial charge in [0.05, 0.1) is 35.3 Å². The van der Waals surface area contributed by atoms with Crippen LogP contribution in [0.25, 0.3) is 0 Å². The summed E-state index contributed by atoms with van der Waals surface area (Å²) in [5, 5.41) is 13.7. The summed E-state index contributed by atoms with van der Waals surface area (Å²) < 4.78 is 40.7. The van der Waals surface area contributed by atoms with Gasteiger partial charge in [0.15, 0.2) is 0 Å². The minimum Gasteiger partial charge on any atom is -0.490 e. The second-order valence-electron chi connectivity index (χ2n) is 13.1. The number of hydrogen-bond acceptors (Lipinski definition) is 7. The number of fused-ring (bicyclic) bond motifs is 1. The zero-order chi connectivity index (χ0) is 34.1. The summed E-state index contributed by atoms with van der Waals surface area (Å²) in [5.74, 6) is -0.336. The summed E-state index contributed by atoms with van der Waals surface area (Å²) in [5.41, 5.74) is 0.813. The van der Waals surface area contributed by atoms with Crippen LogP contribution in [0, 0.1) is 11.8 Å². The van der Waals surface area contributed by atoms with Gasteiger partial charge in [0.2, 0.25) is 15.9 Å². The standard InChI is InChI=1S/C35H50ClN3O7S/c1-24-21-39(25(2)23-40)35(42)31-20-29(37-34(41)27-11-6-5-7-12-27)15-18-32(31)46-26(3)10-8-9-19-45-33(24)22-38(4)47(43,44)30-16-13-28(36)14-17-30/h13-18,20,24-27,33,40H,5-12,19,21-23H2,1-4H3,(H,37,41)/t24-,25-,26+,33-/m1/s1. The molecule has 260 valence electrons. The Morgan fingerprint density at radius 2 is 1.74 bits per heavy atom. The van der Waals surface area contributed by atoms with E-state index in [1.54, 1.807) is 30.0 Å². The number of nitrogens with one attached hydrogen (secondary N) is 1. The second-order valence-corrected chi connectivity index (χ2v) is 15.6. The Labute approximate surface area is 284 Å². The van der Waals surface area contributed by atoms with Crippen molar-refractivity contribution in [3.05, 3.63) is 53.1 Å². The van der Waals surface area contributed by atoms with Gasteiger partial charge in [-0.3, -0.25) is 9.59 Å². The molecule has 0 spiro atoms. The van der Waals surface area contributed by atoms with Gasteiger partial charge in [-0.15, -0.1) is 0 Å². The van der Waals surface area contributed by atoms with Crippen molar-refractivity contribution in [3.8, 4) is 5.75 Å². The molecule has 4 atom stereocenters. The maximum absolute atomic E-state index is 14.4. The van der Waals surface area contributed by atoms with E-state index in [1.807, 2.05) is 13.8 Å². The van der Waals surface area contributed by atoms with Crippen LogP contribution in [-0.4, -0.2) is 86.1 Å². The molecule has 2 aromatic carbocycles. The number of aliphatic hydroxyl groups is 1. The zero-order valence-corrected chi connectivity index (χ0v) is 29.6. The number of benzene rings is 2. The smallest absolute Gasteiger partial charge is 0.258 e. The van der Waals surface area contributed by atoms with Crippen LogP contribution in [0.5, 0.6) is 5.75 Å². The molecule has 2 aliphatic rings. The van der Waals surface area contributed by atoms with Crippen molar-refractivity contribution < 1.29 is 32.6 Å². The number of halogens is 1. The third-order valence-corrected chi connectivity index (χ3v) is 11.3. The van der Waals surface area contributed by atoms with Crippen molar-refractivity contribution in [1.29, 1.82) is 0 Å². The van der Waals surface area contributed by atoms with E-state index in [9.17, 15) is 23.1 Å². The van der Waals surface area contributed by atoms with Gasteiger partial charge in [-0.25, -0.2) is 8.42 Å². The molecule has 4 rings (SSSR count). The van der Waals surface area contributed by atoms with Gasteiger partial charge < -0.3 is 24.8 Å². The summed E-state index contributed by atoms with van der Waals surface area (Å²) in [4.78, 5) is 29.1. The first-order chi connectivity index (χ1) is 22.4. The lowest BCUT2D eigenvalue weighted by Gasteiger charge is -2.35. The molecule has 1 aliphatic carbocycles. The zero-order valence-electron chi connectivity index (χ0n) is 28.0. The van der Waals surface area contributed by atoms with Gasteiger partial charge in [0.1, 0.15) is 5.75 Å². The van der Waals surface area contributed by atoms with E-state index >= 15 is 0 Å². The SMILES string of the molecule is C[C@@H]1CN([C@H](C)CO)C(=O)c2cc(NC(=O)C3CCCCC3)ccc2O[C@@H](C)CCCCO[C@@H]1CN(C)S(=O)(=O)c1ccc(Cl)cc1. The predicted octanol–water partition coefficient (Wildman–Crippen LogP) is 5.98. The summed E-state index contributed by atoms with van der Waals surface area (Å²) in [7, 11) is -2.32. The normalized spacial score (nSPS) is 23.0. The Balaban J connectivity index is 1.62. The Morgan fingerprint density at radius 1 is 1.06 bits per heavy atom. The topological polar surface area (TPSA) is 125 Å². The van der Waals surface area contributed by atoms with Crippen LogP contribution in [0.4, 0.5) is 5.69 Å². The number of anilines is 1. The summed E-state index contributed by atoms with van der Waals surface area (Å²) in [6.45, 7) is 6.03. The molecule has 10 nitrogen and oxygen atoms in total. The number of nitrogens with zero attached hydrogens (tertiary/aromatic N) is 2. The Hall–Kier alpha value is -2.70. The lowest BCUT2D eigenvalue weighted by atomic mass is 9.88. The fourth-order valence-electron chi connectivity index (χ4n) is 6.21. The van der Waals surface area contributed by atoms with Crippen molar-refractivity contribution in [2.75, 3.05) is 38.7 Å². The van der Waals surface area contributed by atoms with E-state index in [0.717, 1.165) is 51.4 Å². The molecule has 0 unspecified atom stereocenters. The number of likely N-dealkylation sites (N-methyl/N-ethyl adjacent to an activating group) is 1. The van der Waals surface area contributed by atoms with Crippen LogP contribution in [0.2, 0.25) is 5.02 Å². The largest absolute Gasteiger partial charge is 0.490 e. The molecular weight excluding hydrogens is 642 g/mol. The molecule has 1 heterocycles. The quantitative estimate of drug-likeness (QED) is 0.349. The van der Waals surface area contributed by atoms with Crippen LogP contribution < -0.4 is 10.1 Å². The maximum atomic E-state index is 14.4. The third kappa shape index (κ3) is 9.92. The van der Waals surface area contributed by atoms with E-state index in [-0.39, 0.29) is 54.3 Å². The lowest BCUT2D eigenvalue weighted by molar-refractivity contribution is -0.120. The van der Waals surface area contributed by atoms with Crippen LogP contribution >= 0.6 is 11.6 Å². The molecule has 0 radical (unpaired) electrons. The molecule has 47 heavy (non-hydrogen) atoms. The van der Waals surface area contributed by atoms with Crippen molar-refractivity contribution in [2.24, 2.45) is 11.8 Å². The first-order valence-electron chi connectivity index (χ1n) is 16.8. The van der Waals surface area contributed by atoms with E-state index in [4.69, 9.17) is 21.1 Å². The number of ether oxygens (including phenoxy) is 2. The Bertz CT molecular complexity index is 1450. The fourth-order valence-corrected chi connectivity index (χ4v) is 7.52. The Morgan fingerprint density at radius 3 is 2.43 bits per heavy atom. The molecule has 1 saturated carbocycles. The fraction of sp³-hybridized carbons (Fsp3) is 0.600. The predicted molar refractivity (Wildman–Crippen MR) is 183 cm³/mol. The number of carbonyl (C=O) groups excluding carboxylic acids is 2. The third-order valence-electron chi connectivity index (χ3n) is 9.25. The summed E-state index contributed by atoms with van der Waals surface area (Å²) in [6.07, 6.45) is 6.47. The van der Waals surface area contributed by atoms with Gasteiger partial charge in [-0.05, 0) is 88.4 Å². The van der Waals surface area contributed by atoms with Gasteiger partial charge in [-0.1, -0.05) is 37.8 Å². The number of hydrogen-bond donors (Lipinski definition) is 2. The molecule has 12 heteroatoms. The number of aliphatic hydroxyl groups excluding tert-OH is 1. The average molecular weight is 692 g/mol. The van der Waals surface area contributed by atoms with Gasteiger partial charge in [-0.2, -0.15) is 4.31 Å². The highest BCUT2D eigenvalue weighted by Crippen LogP contribution is 2.30. The monoisotopic (exact) mass is 691 g/mol. The van der Waals surface area contributed by atoms with Crippen molar-refractivity contribution >= 4 is 39.1 Å². The van der Waals surface area contributed by atoms with Gasteiger partial charge >= 0.3 is 0 Å². The molecular formula is C35H50ClN3O7S. The van der Waals surface area contributed by atoms with E-state index in [2.05, 4.69) is 5.32 Å². The molecule has 1 fully saturated rings. The second kappa shape index (κ2) is 17.1. The van der Waals surface area contributed by atoms with Gasteiger partial charge in [0.25, 0.3) is 5.91 Å². The van der Waals surface area contributed by atoms with Gasteiger partial charge in [0, 0.05) is 49.3 Å². The van der Waals surface area contributed by atoms with E-state index in [0.29, 0.717) is 28.6 Å². The lowest BCUT2D eigenvalue weighted by Crippen LogP contribution is -2.48. The van der Waals surface area contributed by atoms with E-state index in [1.165, 1.54) is 35.6 Å². The minimum atomic E-state index is -3.83.